The zero-order valence-corrected chi connectivity index (χ0v) is 11.0. The van der Waals surface area contributed by atoms with Crippen molar-refractivity contribution >= 4 is 5.82 Å². The second-order valence-corrected chi connectivity index (χ2v) is 4.59. The zero-order valence-electron chi connectivity index (χ0n) is 11.0. The highest BCUT2D eigenvalue weighted by Gasteiger charge is 2.14. The predicted molar refractivity (Wildman–Crippen MR) is 79.1 cm³/mol. The van der Waals surface area contributed by atoms with E-state index in [1.54, 1.807) is 19.3 Å². The SMILES string of the molecule is Cn1ccc(-c2[nH]nc(N)c2-c2ccccc2)cc1=O. The number of anilines is 1. The van der Waals surface area contributed by atoms with E-state index in [0.29, 0.717) is 5.82 Å². The number of benzene rings is 1. The van der Waals surface area contributed by atoms with E-state index < -0.39 is 0 Å². The summed E-state index contributed by atoms with van der Waals surface area (Å²) in [7, 11) is 1.71. The number of hydrogen-bond donors (Lipinski definition) is 2. The maximum Gasteiger partial charge on any atom is 0.250 e. The van der Waals surface area contributed by atoms with E-state index in [9.17, 15) is 4.79 Å². The van der Waals surface area contributed by atoms with Crippen LogP contribution in [0.4, 0.5) is 5.82 Å². The minimum absolute atomic E-state index is 0.0744. The van der Waals surface area contributed by atoms with E-state index in [4.69, 9.17) is 5.73 Å². The fourth-order valence-corrected chi connectivity index (χ4v) is 2.17. The molecule has 3 aromatic rings. The molecule has 0 radical (unpaired) electrons. The van der Waals surface area contributed by atoms with Gasteiger partial charge in [-0.3, -0.25) is 9.89 Å². The first-order chi connectivity index (χ1) is 9.66. The van der Waals surface area contributed by atoms with Crippen molar-refractivity contribution in [3.63, 3.8) is 0 Å². The molecule has 0 aliphatic carbocycles. The third kappa shape index (κ3) is 1.99. The number of aryl methyl sites for hydroxylation is 1. The Morgan fingerprint density at radius 1 is 1.15 bits per heavy atom. The number of nitrogens with one attached hydrogen (secondary N) is 1. The van der Waals surface area contributed by atoms with Crippen LogP contribution in [-0.4, -0.2) is 14.8 Å². The molecule has 0 aliphatic heterocycles. The van der Waals surface area contributed by atoms with Crippen LogP contribution in [0.1, 0.15) is 0 Å². The van der Waals surface area contributed by atoms with Crippen molar-refractivity contribution in [3.8, 4) is 22.4 Å². The van der Waals surface area contributed by atoms with Gasteiger partial charge in [0, 0.05) is 24.9 Å². The van der Waals surface area contributed by atoms with Gasteiger partial charge in [-0.2, -0.15) is 5.10 Å². The Labute approximate surface area is 115 Å². The van der Waals surface area contributed by atoms with Crippen LogP contribution in [0, 0.1) is 0 Å². The molecule has 0 bridgehead atoms. The Kier molecular flexibility index (Phi) is 2.87. The summed E-state index contributed by atoms with van der Waals surface area (Å²) in [6.45, 7) is 0. The molecule has 2 heterocycles. The monoisotopic (exact) mass is 266 g/mol. The van der Waals surface area contributed by atoms with E-state index in [0.717, 1.165) is 22.4 Å². The number of pyridine rings is 1. The van der Waals surface area contributed by atoms with E-state index in [2.05, 4.69) is 10.2 Å². The minimum atomic E-state index is -0.0744. The summed E-state index contributed by atoms with van der Waals surface area (Å²) in [5, 5.41) is 6.98. The summed E-state index contributed by atoms with van der Waals surface area (Å²) < 4.78 is 1.52. The fraction of sp³-hybridized carbons (Fsp3) is 0.0667. The molecule has 100 valence electrons. The van der Waals surface area contributed by atoms with Crippen molar-refractivity contribution < 1.29 is 0 Å². The van der Waals surface area contributed by atoms with Gasteiger partial charge in [-0.15, -0.1) is 0 Å². The fourth-order valence-electron chi connectivity index (χ4n) is 2.17. The van der Waals surface area contributed by atoms with Crippen LogP contribution in [0.3, 0.4) is 0 Å². The molecule has 0 saturated heterocycles. The second kappa shape index (κ2) is 4.70. The molecule has 5 nitrogen and oxygen atoms in total. The topological polar surface area (TPSA) is 76.7 Å². The molecule has 0 fully saturated rings. The Hall–Kier alpha value is -2.82. The quantitative estimate of drug-likeness (QED) is 0.745. The summed E-state index contributed by atoms with van der Waals surface area (Å²) >= 11 is 0. The first-order valence-electron chi connectivity index (χ1n) is 6.23. The first-order valence-corrected chi connectivity index (χ1v) is 6.23. The molecule has 3 rings (SSSR count). The minimum Gasteiger partial charge on any atom is -0.382 e. The largest absolute Gasteiger partial charge is 0.382 e. The van der Waals surface area contributed by atoms with Crippen LogP contribution in [0.5, 0.6) is 0 Å². The number of hydrogen-bond acceptors (Lipinski definition) is 3. The van der Waals surface area contributed by atoms with Gasteiger partial charge in [0.1, 0.15) is 0 Å². The van der Waals surface area contributed by atoms with Crippen molar-refractivity contribution in [1.82, 2.24) is 14.8 Å². The van der Waals surface area contributed by atoms with Gasteiger partial charge in [0.2, 0.25) is 0 Å². The average molecular weight is 266 g/mol. The van der Waals surface area contributed by atoms with Gasteiger partial charge in [0.15, 0.2) is 5.82 Å². The number of rotatable bonds is 2. The maximum absolute atomic E-state index is 11.8. The van der Waals surface area contributed by atoms with Crippen LogP contribution in [-0.2, 0) is 7.05 Å². The van der Waals surface area contributed by atoms with Gasteiger partial charge < -0.3 is 10.3 Å². The molecule has 2 aromatic heterocycles. The van der Waals surface area contributed by atoms with Gasteiger partial charge in [0.05, 0.1) is 11.3 Å². The van der Waals surface area contributed by atoms with Crippen molar-refractivity contribution in [1.29, 1.82) is 0 Å². The molecule has 0 atom stereocenters. The van der Waals surface area contributed by atoms with Crippen LogP contribution >= 0.6 is 0 Å². The van der Waals surface area contributed by atoms with Crippen LogP contribution < -0.4 is 11.3 Å². The molecular formula is C15H14N4O. The summed E-state index contributed by atoms with van der Waals surface area (Å²) in [5.74, 6) is 0.423. The van der Waals surface area contributed by atoms with Crippen LogP contribution in [0.15, 0.2) is 53.5 Å². The zero-order chi connectivity index (χ0) is 14.1. The number of H-pyrrole nitrogens is 1. The molecule has 0 aliphatic rings. The Bertz CT molecular complexity index is 802. The standard InChI is InChI=1S/C15H14N4O/c1-19-8-7-11(9-12(19)20)14-13(15(16)18-17-14)10-5-3-2-4-6-10/h2-9H,1H3,(H3,16,17,18). The Morgan fingerprint density at radius 3 is 2.60 bits per heavy atom. The van der Waals surface area contributed by atoms with Crippen LogP contribution in [0.25, 0.3) is 22.4 Å². The Balaban J connectivity index is 2.21. The van der Waals surface area contributed by atoms with Crippen molar-refractivity contribution in [2.75, 3.05) is 5.73 Å². The molecule has 0 unspecified atom stereocenters. The number of nitrogen functional groups attached to an aromatic ring is 1. The lowest BCUT2D eigenvalue weighted by Crippen LogP contribution is -2.14. The molecule has 1 aromatic carbocycles. The van der Waals surface area contributed by atoms with E-state index in [-0.39, 0.29) is 5.56 Å². The highest BCUT2D eigenvalue weighted by atomic mass is 16.1. The highest BCUT2D eigenvalue weighted by molar-refractivity contribution is 5.87. The van der Waals surface area contributed by atoms with E-state index in [1.165, 1.54) is 4.57 Å². The molecule has 0 saturated carbocycles. The summed E-state index contributed by atoms with van der Waals surface area (Å²) in [5.41, 5.74) is 9.19. The third-order valence-electron chi connectivity index (χ3n) is 3.25. The highest BCUT2D eigenvalue weighted by Crippen LogP contribution is 2.33. The lowest BCUT2D eigenvalue weighted by Gasteiger charge is -2.05. The smallest absolute Gasteiger partial charge is 0.250 e. The van der Waals surface area contributed by atoms with E-state index in [1.807, 2.05) is 36.4 Å². The normalized spacial score (nSPS) is 10.7. The van der Waals surface area contributed by atoms with Crippen molar-refractivity contribution in [2.45, 2.75) is 0 Å². The second-order valence-electron chi connectivity index (χ2n) is 4.59. The summed E-state index contributed by atoms with van der Waals surface area (Å²) in [6.07, 6.45) is 1.73. The molecule has 3 N–H and O–H groups in total. The summed E-state index contributed by atoms with van der Waals surface area (Å²) in [4.78, 5) is 11.8. The van der Waals surface area contributed by atoms with Gasteiger partial charge in [-0.1, -0.05) is 30.3 Å². The average Bonchev–Trinajstić information content (AvgIpc) is 2.85. The first kappa shape index (κ1) is 12.2. The molecule has 0 spiro atoms. The Morgan fingerprint density at radius 2 is 1.90 bits per heavy atom. The van der Waals surface area contributed by atoms with Crippen molar-refractivity contribution in [2.24, 2.45) is 7.05 Å². The van der Waals surface area contributed by atoms with Gasteiger partial charge in [0.25, 0.3) is 5.56 Å². The summed E-state index contributed by atoms with van der Waals surface area (Å²) in [6, 6.07) is 13.2. The maximum atomic E-state index is 11.8. The van der Waals surface area contributed by atoms with E-state index >= 15 is 0 Å². The number of nitrogens with two attached hydrogens (primary N) is 1. The van der Waals surface area contributed by atoms with Gasteiger partial charge in [-0.25, -0.2) is 0 Å². The molecule has 20 heavy (non-hydrogen) atoms. The third-order valence-corrected chi connectivity index (χ3v) is 3.25. The van der Waals surface area contributed by atoms with Gasteiger partial charge >= 0.3 is 0 Å². The number of nitrogens with zero attached hydrogens (tertiary/aromatic N) is 2. The number of aromatic nitrogens is 3. The molecule has 0 amide bonds. The number of aromatic amines is 1. The molecular weight excluding hydrogens is 252 g/mol. The van der Waals surface area contributed by atoms with Gasteiger partial charge in [-0.05, 0) is 11.6 Å². The lowest BCUT2D eigenvalue weighted by molar-refractivity contribution is 0.861. The lowest BCUT2D eigenvalue weighted by atomic mass is 10.0. The van der Waals surface area contributed by atoms with Crippen molar-refractivity contribution in [3.05, 3.63) is 59.0 Å². The predicted octanol–water partition coefficient (Wildman–Crippen LogP) is 2.02. The van der Waals surface area contributed by atoms with Crippen LogP contribution in [0.2, 0.25) is 0 Å². The molecule has 5 heteroatoms.